The highest BCUT2D eigenvalue weighted by Gasteiger charge is 2.38. The molecule has 0 rings (SSSR count). The molecule has 3 heteroatoms. The Morgan fingerprint density at radius 1 is 1.50 bits per heavy atom. The van der Waals surface area contributed by atoms with Crippen LogP contribution in [0.2, 0.25) is 0 Å². The third-order valence-corrected chi connectivity index (χ3v) is 3.47. The van der Waals surface area contributed by atoms with E-state index < -0.39 is 5.97 Å². The van der Waals surface area contributed by atoms with E-state index in [0.717, 1.165) is 19.3 Å². The van der Waals surface area contributed by atoms with E-state index in [9.17, 15) is 4.79 Å². The third kappa shape index (κ3) is 2.98. The van der Waals surface area contributed by atoms with Crippen LogP contribution in [-0.4, -0.2) is 17.1 Å². The Hall–Kier alpha value is -0.570. The Labute approximate surface area is 86.7 Å². The number of carbonyl (C=O) groups is 1. The van der Waals surface area contributed by atoms with Gasteiger partial charge in [0.25, 0.3) is 0 Å². The zero-order valence-electron chi connectivity index (χ0n) is 9.71. The van der Waals surface area contributed by atoms with E-state index in [4.69, 9.17) is 10.8 Å². The molecule has 0 bridgehead atoms. The molecular weight excluding hydrogens is 178 g/mol. The van der Waals surface area contributed by atoms with Crippen LogP contribution in [0.5, 0.6) is 0 Å². The summed E-state index contributed by atoms with van der Waals surface area (Å²) in [5.41, 5.74) is 5.60. The molecule has 84 valence electrons. The smallest absolute Gasteiger partial charge is 0.306 e. The normalized spacial score (nSPS) is 19.8. The molecule has 3 N–H and O–H groups in total. The first-order valence-electron chi connectivity index (χ1n) is 5.34. The molecule has 0 amide bonds. The highest BCUT2D eigenvalue weighted by Crippen LogP contribution is 2.35. The van der Waals surface area contributed by atoms with E-state index in [1.54, 1.807) is 6.92 Å². The van der Waals surface area contributed by atoms with Crippen LogP contribution in [0.25, 0.3) is 0 Å². The molecule has 0 saturated heterocycles. The van der Waals surface area contributed by atoms with Crippen LogP contribution < -0.4 is 5.73 Å². The maximum atomic E-state index is 11.0. The zero-order chi connectivity index (χ0) is 11.4. The number of aliphatic carboxylic acids is 1. The van der Waals surface area contributed by atoms with Gasteiger partial charge in [-0.25, -0.2) is 0 Å². The first-order chi connectivity index (χ1) is 6.36. The van der Waals surface area contributed by atoms with E-state index in [1.165, 1.54) is 0 Å². The molecule has 0 aromatic heterocycles. The fourth-order valence-electron chi connectivity index (χ4n) is 1.68. The first kappa shape index (κ1) is 13.4. The summed E-state index contributed by atoms with van der Waals surface area (Å²) in [6, 6.07) is -0.0832. The number of carboxylic acid groups (broad SMARTS) is 1. The summed E-state index contributed by atoms with van der Waals surface area (Å²) in [5.74, 6) is -1.13. The molecule has 3 unspecified atom stereocenters. The predicted octanol–water partition coefficient (Wildman–Crippen LogP) is 2.25. The second-order valence-electron chi connectivity index (χ2n) is 4.46. The Kier molecular flexibility index (Phi) is 5.13. The number of hydrogen-bond donors (Lipinski definition) is 2. The van der Waals surface area contributed by atoms with Crippen molar-refractivity contribution in [2.45, 2.75) is 53.0 Å². The summed E-state index contributed by atoms with van der Waals surface area (Å²) in [5, 5.41) is 9.01. The quantitative estimate of drug-likeness (QED) is 0.692. The highest BCUT2D eigenvalue weighted by atomic mass is 16.4. The third-order valence-electron chi connectivity index (χ3n) is 3.47. The minimum Gasteiger partial charge on any atom is -0.481 e. The van der Waals surface area contributed by atoms with E-state index in [2.05, 4.69) is 6.92 Å². The molecule has 0 heterocycles. The van der Waals surface area contributed by atoms with Crippen molar-refractivity contribution in [3.05, 3.63) is 0 Å². The Morgan fingerprint density at radius 2 is 2.00 bits per heavy atom. The van der Waals surface area contributed by atoms with Crippen molar-refractivity contribution < 1.29 is 9.90 Å². The van der Waals surface area contributed by atoms with Crippen molar-refractivity contribution in [1.29, 1.82) is 0 Å². The largest absolute Gasteiger partial charge is 0.481 e. The van der Waals surface area contributed by atoms with Crippen LogP contribution in [0.3, 0.4) is 0 Å². The van der Waals surface area contributed by atoms with Crippen molar-refractivity contribution in [1.82, 2.24) is 0 Å². The van der Waals surface area contributed by atoms with Crippen molar-refractivity contribution in [2.24, 2.45) is 17.1 Å². The maximum absolute atomic E-state index is 11.0. The average Bonchev–Trinajstić information content (AvgIpc) is 2.12. The fraction of sp³-hybridized carbons (Fsp3) is 0.909. The molecule has 0 radical (unpaired) electrons. The molecule has 0 aromatic rings. The number of unbranched alkanes of at least 4 members (excludes halogenated alkanes) is 1. The van der Waals surface area contributed by atoms with Gasteiger partial charge in [-0.15, -0.1) is 0 Å². The lowest BCUT2D eigenvalue weighted by molar-refractivity contribution is -0.146. The van der Waals surface area contributed by atoms with Crippen LogP contribution in [0.15, 0.2) is 0 Å². The summed E-state index contributed by atoms with van der Waals surface area (Å²) in [4.78, 5) is 11.0. The number of rotatable bonds is 6. The molecule has 0 aromatic carbocycles. The molecule has 14 heavy (non-hydrogen) atoms. The van der Waals surface area contributed by atoms with Gasteiger partial charge in [-0.05, 0) is 18.8 Å². The van der Waals surface area contributed by atoms with Gasteiger partial charge in [0.15, 0.2) is 0 Å². The standard InChI is InChI=1S/C11H23NO2/c1-5-6-7-11(4,9(3)12)8(2)10(13)14/h8-9H,5-7,12H2,1-4H3,(H,13,14). The SMILES string of the molecule is CCCCC(C)(C(C)N)C(C)C(=O)O. The summed E-state index contributed by atoms with van der Waals surface area (Å²) in [6.45, 7) is 7.73. The van der Waals surface area contributed by atoms with Gasteiger partial charge in [0.05, 0.1) is 5.92 Å². The molecule has 0 aliphatic carbocycles. The van der Waals surface area contributed by atoms with Gasteiger partial charge < -0.3 is 10.8 Å². The Morgan fingerprint density at radius 3 is 2.29 bits per heavy atom. The summed E-state index contributed by atoms with van der Waals surface area (Å²) < 4.78 is 0. The lowest BCUT2D eigenvalue weighted by Crippen LogP contribution is -2.44. The highest BCUT2D eigenvalue weighted by molar-refractivity contribution is 5.70. The molecule has 3 atom stereocenters. The molecule has 0 aliphatic heterocycles. The van der Waals surface area contributed by atoms with Crippen molar-refractivity contribution in [3.8, 4) is 0 Å². The average molecular weight is 201 g/mol. The number of hydrogen-bond acceptors (Lipinski definition) is 2. The number of nitrogens with two attached hydrogens (primary N) is 1. The molecule has 3 nitrogen and oxygen atoms in total. The summed E-state index contributed by atoms with van der Waals surface area (Å²) >= 11 is 0. The van der Waals surface area contributed by atoms with Crippen LogP contribution >= 0.6 is 0 Å². The van der Waals surface area contributed by atoms with Crippen LogP contribution in [0.1, 0.15) is 47.0 Å². The summed E-state index contributed by atoms with van der Waals surface area (Å²) in [7, 11) is 0. The van der Waals surface area contributed by atoms with Crippen LogP contribution in [0.4, 0.5) is 0 Å². The molecule has 0 fully saturated rings. The lowest BCUT2D eigenvalue weighted by Gasteiger charge is -2.37. The Bertz CT molecular complexity index is 192. The summed E-state index contributed by atoms with van der Waals surface area (Å²) in [6.07, 6.45) is 3.00. The monoisotopic (exact) mass is 201 g/mol. The first-order valence-corrected chi connectivity index (χ1v) is 5.34. The molecular formula is C11H23NO2. The molecule has 0 aliphatic rings. The van der Waals surface area contributed by atoms with E-state index in [1.807, 2.05) is 13.8 Å². The van der Waals surface area contributed by atoms with Crippen molar-refractivity contribution in [3.63, 3.8) is 0 Å². The van der Waals surface area contributed by atoms with Crippen molar-refractivity contribution >= 4 is 5.97 Å². The minimum absolute atomic E-state index is 0.0832. The predicted molar refractivity (Wildman–Crippen MR) is 58.1 cm³/mol. The number of carboxylic acids is 1. The minimum atomic E-state index is -0.749. The van der Waals surface area contributed by atoms with Crippen molar-refractivity contribution in [2.75, 3.05) is 0 Å². The molecule has 0 spiro atoms. The van der Waals surface area contributed by atoms with Crippen LogP contribution in [-0.2, 0) is 4.79 Å². The fourth-order valence-corrected chi connectivity index (χ4v) is 1.68. The maximum Gasteiger partial charge on any atom is 0.306 e. The van der Waals surface area contributed by atoms with E-state index in [-0.39, 0.29) is 17.4 Å². The van der Waals surface area contributed by atoms with Gasteiger partial charge in [-0.2, -0.15) is 0 Å². The second kappa shape index (κ2) is 5.35. The van der Waals surface area contributed by atoms with Gasteiger partial charge in [0.2, 0.25) is 0 Å². The van der Waals surface area contributed by atoms with Gasteiger partial charge in [0, 0.05) is 6.04 Å². The van der Waals surface area contributed by atoms with Gasteiger partial charge >= 0.3 is 5.97 Å². The lowest BCUT2D eigenvalue weighted by atomic mass is 9.70. The van der Waals surface area contributed by atoms with Gasteiger partial charge in [-0.3, -0.25) is 4.79 Å². The Balaban J connectivity index is 4.61. The second-order valence-corrected chi connectivity index (χ2v) is 4.46. The molecule has 0 saturated carbocycles. The van der Waals surface area contributed by atoms with Gasteiger partial charge in [0.1, 0.15) is 0 Å². The topological polar surface area (TPSA) is 63.3 Å². The van der Waals surface area contributed by atoms with E-state index >= 15 is 0 Å². The van der Waals surface area contributed by atoms with E-state index in [0.29, 0.717) is 0 Å². The van der Waals surface area contributed by atoms with Gasteiger partial charge in [-0.1, -0.05) is 33.6 Å². The van der Waals surface area contributed by atoms with Crippen LogP contribution in [0, 0.1) is 11.3 Å². The zero-order valence-corrected chi connectivity index (χ0v) is 9.71.